The quantitative estimate of drug-likeness (QED) is 0.782. The van der Waals surface area contributed by atoms with E-state index in [1.165, 1.54) is 12.1 Å². The number of carboxylic acids is 1. The molecule has 1 aromatic carbocycles. The molecule has 0 fully saturated rings. The molecule has 7 heteroatoms. The van der Waals surface area contributed by atoms with Gasteiger partial charge in [0.05, 0.1) is 11.1 Å². The largest absolute Gasteiger partial charge is 0.478 e. The third kappa shape index (κ3) is 3.05. The summed E-state index contributed by atoms with van der Waals surface area (Å²) in [7, 11) is 0. The van der Waals surface area contributed by atoms with Crippen molar-refractivity contribution in [3.8, 4) is 0 Å². The third-order valence-corrected chi connectivity index (χ3v) is 2.43. The van der Waals surface area contributed by atoms with Crippen molar-refractivity contribution in [1.29, 1.82) is 0 Å². The fourth-order valence-electron chi connectivity index (χ4n) is 1.65. The summed E-state index contributed by atoms with van der Waals surface area (Å²) in [5.41, 5.74) is 0.0630. The van der Waals surface area contributed by atoms with Gasteiger partial charge in [0.15, 0.2) is 5.82 Å². The number of carbonyl (C=O) groups is 2. The first-order valence-electron chi connectivity index (χ1n) is 5.98. The molecule has 7 nitrogen and oxygen atoms in total. The Morgan fingerprint density at radius 2 is 2.05 bits per heavy atom. The first-order chi connectivity index (χ1) is 9.26. The number of nitrogens with one attached hydrogen (secondary N) is 2. The van der Waals surface area contributed by atoms with Crippen molar-refractivity contribution >= 4 is 28.8 Å². The Kier molecular flexibility index (Phi) is 3.35. The fraction of sp³-hybridized carbons (Fsp3) is 0.308. The van der Waals surface area contributed by atoms with Gasteiger partial charge in [0.1, 0.15) is 5.60 Å². The van der Waals surface area contributed by atoms with Gasteiger partial charge in [-0.1, -0.05) is 0 Å². The zero-order valence-electron chi connectivity index (χ0n) is 11.4. The van der Waals surface area contributed by atoms with E-state index in [1.807, 2.05) is 0 Å². The third-order valence-electron chi connectivity index (χ3n) is 2.43. The van der Waals surface area contributed by atoms with Gasteiger partial charge in [0.2, 0.25) is 0 Å². The molecule has 2 rings (SSSR count). The van der Waals surface area contributed by atoms with Crippen LogP contribution in [0.5, 0.6) is 0 Å². The van der Waals surface area contributed by atoms with Crippen molar-refractivity contribution in [2.45, 2.75) is 26.4 Å². The zero-order chi connectivity index (χ0) is 14.9. The van der Waals surface area contributed by atoms with Crippen molar-refractivity contribution in [3.63, 3.8) is 0 Å². The number of aromatic nitrogens is 2. The van der Waals surface area contributed by atoms with Crippen LogP contribution >= 0.6 is 0 Å². The van der Waals surface area contributed by atoms with E-state index in [0.717, 1.165) is 0 Å². The highest BCUT2D eigenvalue weighted by molar-refractivity contribution is 6.00. The van der Waals surface area contributed by atoms with Crippen LogP contribution in [-0.4, -0.2) is 33.0 Å². The smallest absolute Gasteiger partial charge is 0.413 e. The molecule has 1 amide bonds. The molecule has 0 atom stereocenters. The normalized spacial score (nSPS) is 11.3. The molecule has 0 saturated heterocycles. The molecule has 3 N–H and O–H groups in total. The number of carbonyl (C=O) groups excluding carboxylic acids is 1. The van der Waals surface area contributed by atoms with Gasteiger partial charge in [-0.15, -0.1) is 0 Å². The number of rotatable bonds is 2. The molecule has 1 aromatic heterocycles. The van der Waals surface area contributed by atoms with Gasteiger partial charge < -0.3 is 9.84 Å². The average Bonchev–Trinajstić information content (AvgIpc) is 2.69. The van der Waals surface area contributed by atoms with Crippen molar-refractivity contribution < 1.29 is 19.4 Å². The van der Waals surface area contributed by atoms with Crippen molar-refractivity contribution in [1.82, 2.24) is 10.2 Å². The lowest BCUT2D eigenvalue weighted by molar-refractivity contribution is 0.0633. The van der Waals surface area contributed by atoms with Gasteiger partial charge in [0, 0.05) is 5.39 Å². The predicted molar refractivity (Wildman–Crippen MR) is 72.9 cm³/mol. The lowest BCUT2D eigenvalue weighted by Crippen LogP contribution is -2.27. The van der Waals surface area contributed by atoms with Crippen molar-refractivity contribution in [2.75, 3.05) is 5.32 Å². The van der Waals surface area contributed by atoms with E-state index in [0.29, 0.717) is 16.7 Å². The van der Waals surface area contributed by atoms with Crippen molar-refractivity contribution in [3.05, 3.63) is 23.8 Å². The van der Waals surface area contributed by atoms with E-state index < -0.39 is 17.7 Å². The summed E-state index contributed by atoms with van der Waals surface area (Å²) in [5, 5.41) is 18.6. The topological polar surface area (TPSA) is 104 Å². The minimum Gasteiger partial charge on any atom is -0.478 e. The zero-order valence-corrected chi connectivity index (χ0v) is 11.4. The Morgan fingerprint density at radius 3 is 2.65 bits per heavy atom. The molecular formula is C13H15N3O4. The highest BCUT2D eigenvalue weighted by Crippen LogP contribution is 2.22. The number of benzene rings is 1. The number of aromatic carboxylic acids is 1. The standard InChI is InChI=1S/C13H15N3O4/c1-13(2,3)20-12(19)14-10-8-5-4-7(11(17)18)6-9(8)15-16-10/h4-6H,1-3H3,(H,17,18)(H2,14,15,16,19). The number of carboxylic acid groups (broad SMARTS) is 1. The summed E-state index contributed by atoms with van der Waals surface area (Å²) < 4.78 is 5.12. The van der Waals surface area contributed by atoms with Crippen LogP contribution in [0.4, 0.5) is 10.6 Å². The average molecular weight is 277 g/mol. The van der Waals surface area contributed by atoms with E-state index in [2.05, 4.69) is 15.5 Å². The van der Waals surface area contributed by atoms with Crippen LogP contribution in [0.25, 0.3) is 10.9 Å². The lowest BCUT2D eigenvalue weighted by atomic mass is 10.1. The summed E-state index contributed by atoms with van der Waals surface area (Å²) in [6.45, 7) is 5.27. The summed E-state index contributed by atoms with van der Waals surface area (Å²) in [6.07, 6.45) is -0.617. The minimum atomic E-state index is -1.02. The van der Waals surface area contributed by atoms with Gasteiger partial charge in [0.25, 0.3) is 0 Å². The Balaban J connectivity index is 2.24. The number of H-pyrrole nitrogens is 1. The molecule has 106 valence electrons. The second-order valence-electron chi connectivity index (χ2n) is 5.26. The second-order valence-corrected chi connectivity index (χ2v) is 5.26. The summed E-state index contributed by atoms with van der Waals surface area (Å²) in [5.74, 6) is -0.727. The Morgan fingerprint density at radius 1 is 1.35 bits per heavy atom. The maximum atomic E-state index is 11.7. The van der Waals surface area contributed by atoms with Gasteiger partial charge >= 0.3 is 12.1 Å². The molecule has 0 unspecified atom stereocenters. The maximum Gasteiger partial charge on any atom is 0.413 e. The van der Waals surface area contributed by atoms with E-state index >= 15 is 0 Å². The van der Waals surface area contributed by atoms with E-state index in [4.69, 9.17) is 9.84 Å². The lowest BCUT2D eigenvalue weighted by Gasteiger charge is -2.19. The molecule has 0 saturated carbocycles. The minimum absolute atomic E-state index is 0.143. The van der Waals surface area contributed by atoms with Gasteiger partial charge in [-0.2, -0.15) is 5.10 Å². The van der Waals surface area contributed by atoms with E-state index in [9.17, 15) is 9.59 Å². The molecule has 20 heavy (non-hydrogen) atoms. The number of nitrogens with zero attached hydrogens (tertiary/aromatic N) is 1. The number of amides is 1. The molecule has 0 aliphatic rings. The highest BCUT2D eigenvalue weighted by atomic mass is 16.6. The van der Waals surface area contributed by atoms with Crippen LogP contribution in [0.1, 0.15) is 31.1 Å². The highest BCUT2D eigenvalue weighted by Gasteiger charge is 2.18. The number of ether oxygens (including phenoxy) is 1. The van der Waals surface area contributed by atoms with Crippen LogP contribution in [-0.2, 0) is 4.74 Å². The first kappa shape index (κ1) is 13.9. The maximum absolute atomic E-state index is 11.7. The monoisotopic (exact) mass is 277 g/mol. The fourth-order valence-corrected chi connectivity index (χ4v) is 1.65. The molecule has 1 heterocycles. The van der Waals surface area contributed by atoms with Crippen LogP contribution < -0.4 is 5.32 Å². The van der Waals surface area contributed by atoms with Crippen LogP contribution in [0.3, 0.4) is 0 Å². The summed E-state index contributed by atoms with van der Waals surface area (Å²) in [4.78, 5) is 22.5. The van der Waals surface area contributed by atoms with Crippen LogP contribution in [0.15, 0.2) is 18.2 Å². The molecular weight excluding hydrogens is 262 g/mol. The molecule has 0 spiro atoms. The summed E-state index contributed by atoms with van der Waals surface area (Å²) in [6, 6.07) is 4.47. The molecule has 0 radical (unpaired) electrons. The molecule has 0 aliphatic carbocycles. The predicted octanol–water partition coefficient (Wildman–Crippen LogP) is 2.61. The Bertz CT molecular complexity index is 670. The number of aromatic amines is 1. The van der Waals surface area contributed by atoms with E-state index in [1.54, 1.807) is 26.8 Å². The van der Waals surface area contributed by atoms with Crippen LogP contribution in [0.2, 0.25) is 0 Å². The SMILES string of the molecule is CC(C)(C)OC(=O)Nc1n[nH]c2cc(C(=O)O)ccc12. The number of hydrogen-bond acceptors (Lipinski definition) is 4. The van der Waals surface area contributed by atoms with Crippen molar-refractivity contribution in [2.24, 2.45) is 0 Å². The van der Waals surface area contributed by atoms with Gasteiger partial charge in [-0.25, -0.2) is 9.59 Å². The molecule has 0 aliphatic heterocycles. The Hall–Kier alpha value is -2.57. The first-order valence-corrected chi connectivity index (χ1v) is 5.98. The number of anilines is 1. The van der Waals surface area contributed by atoms with Gasteiger partial charge in [-0.05, 0) is 39.0 Å². The van der Waals surface area contributed by atoms with Gasteiger partial charge in [-0.3, -0.25) is 10.4 Å². The summed E-state index contributed by atoms with van der Waals surface area (Å²) >= 11 is 0. The van der Waals surface area contributed by atoms with Crippen LogP contribution in [0, 0.1) is 0 Å². The number of fused-ring (bicyclic) bond motifs is 1. The van der Waals surface area contributed by atoms with E-state index in [-0.39, 0.29) is 5.56 Å². The number of hydrogen-bond donors (Lipinski definition) is 3. The molecule has 0 bridgehead atoms. The molecule has 2 aromatic rings. The Labute approximate surface area is 114 Å². The second kappa shape index (κ2) is 4.84.